The van der Waals surface area contributed by atoms with Gasteiger partial charge < -0.3 is 10.5 Å². The van der Waals surface area contributed by atoms with Crippen molar-refractivity contribution in [2.24, 2.45) is 5.73 Å². The lowest BCUT2D eigenvalue weighted by Crippen LogP contribution is -2.10. The van der Waals surface area contributed by atoms with Gasteiger partial charge in [0.2, 0.25) is 5.88 Å². The van der Waals surface area contributed by atoms with Crippen LogP contribution >= 0.6 is 15.9 Å². The Morgan fingerprint density at radius 3 is 2.52 bits per heavy atom. The average Bonchev–Trinajstić information content (AvgIpc) is 2.49. The van der Waals surface area contributed by atoms with Crippen LogP contribution in [-0.2, 0) is 19.4 Å². The minimum atomic E-state index is -0.338. The van der Waals surface area contributed by atoms with Crippen LogP contribution in [0.4, 0.5) is 4.39 Å². The van der Waals surface area contributed by atoms with Gasteiger partial charge in [-0.1, -0.05) is 13.8 Å². The Morgan fingerprint density at radius 1 is 1.19 bits per heavy atom. The fraction of sp³-hybridized carbons (Fsp3) is 0.333. The third-order valence-corrected chi connectivity index (χ3v) is 3.85. The molecule has 1 aromatic heterocycles. The van der Waals surface area contributed by atoms with Crippen molar-refractivity contribution in [1.82, 2.24) is 10.2 Å². The van der Waals surface area contributed by atoms with E-state index in [-0.39, 0.29) is 5.82 Å². The Morgan fingerprint density at radius 2 is 1.95 bits per heavy atom. The molecule has 21 heavy (non-hydrogen) atoms. The molecule has 0 bridgehead atoms. The van der Waals surface area contributed by atoms with Gasteiger partial charge >= 0.3 is 0 Å². The Hall–Kier alpha value is -1.53. The fourth-order valence-corrected chi connectivity index (χ4v) is 2.62. The molecule has 2 N–H and O–H groups in total. The molecule has 0 spiro atoms. The van der Waals surface area contributed by atoms with Gasteiger partial charge in [0.25, 0.3) is 0 Å². The monoisotopic (exact) mass is 353 g/mol. The van der Waals surface area contributed by atoms with Crippen LogP contribution in [0.15, 0.2) is 22.7 Å². The van der Waals surface area contributed by atoms with E-state index in [1.165, 1.54) is 12.1 Å². The van der Waals surface area contributed by atoms with Crippen LogP contribution in [0.5, 0.6) is 11.6 Å². The normalized spacial score (nSPS) is 10.7. The lowest BCUT2D eigenvalue weighted by molar-refractivity contribution is 0.441. The molecule has 1 heterocycles. The highest BCUT2D eigenvalue weighted by atomic mass is 79.9. The molecule has 0 amide bonds. The molecule has 0 aliphatic heterocycles. The van der Waals surface area contributed by atoms with Crippen LogP contribution in [0.3, 0.4) is 0 Å². The number of hydrogen-bond donors (Lipinski definition) is 1. The molecule has 2 rings (SSSR count). The Bertz CT molecular complexity index is 649. The fourth-order valence-electron chi connectivity index (χ4n) is 2.19. The quantitative estimate of drug-likeness (QED) is 0.888. The van der Waals surface area contributed by atoms with Gasteiger partial charge in [-0.25, -0.2) is 4.39 Å². The van der Waals surface area contributed by atoms with E-state index in [1.807, 2.05) is 13.8 Å². The maximum Gasteiger partial charge on any atom is 0.243 e. The second kappa shape index (κ2) is 6.95. The molecule has 0 radical (unpaired) electrons. The number of aromatic nitrogens is 2. The van der Waals surface area contributed by atoms with Gasteiger partial charge in [0, 0.05) is 12.1 Å². The topological polar surface area (TPSA) is 61.0 Å². The summed E-state index contributed by atoms with van der Waals surface area (Å²) in [6.45, 7) is 4.40. The third-order valence-electron chi connectivity index (χ3n) is 3.23. The number of benzene rings is 1. The summed E-state index contributed by atoms with van der Waals surface area (Å²) in [7, 11) is 0. The number of nitrogens with zero attached hydrogens (tertiary/aromatic N) is 2. The van der Waals surface area contributed by atoms with Crippen LogP contribution in [0.1, 0.15) is 30.7 Å². The van der Waals surface area contributed by atoms with Gasteiger partial charge in [0.1, 0.15) is 11.6 Å². The smallest absolute Gasteiger partial charge is 0.243 e. The summed E-state index contributed by atoms with van der Waals surface area (Å²) in [5, 5.41) is 8.32. The second-order valence-electron chi connectivity index (χ2n) is 4.50. The molecule has 0 saturated heterocycles. The number of nitrogens with two attached hydrogens (primary N) is 1. The van der Waals surface area contributed by atoms with Crippen molar-refractivity contribution in [2.45, 2.75) is 33.2 Å². The van der Waals surface area contributed by atoms with E-state index in [4.69, 9.17) is 10.5 Å². The number of hydrogen-bond acceptors (Lipinski definition) is 4. The maximum absolute atomic E-state index is 13.1. The predicted octanol–water partition coefficient (Wildman–Crippen LogP) is 3.75. The highest BCUT2D eigenvalue weighted by Gasteiger charge is 2.16. The van der Waals surface area contributed by atoms with Crippen LogP contribution in [0.2, 0.25) is 0 Å². The first-order chi connectivity index (χ1) is 10.1. The Balaban J connectivity index is 2.44. The SMILES string of the molecule is CCc1nnc(Oc2ccc(F)cc2Br)c(CN)c1CC. The molecule has 0 saturated carbocycles. The second-order valence-corrected chi connectivity index (χ2v) is 5.35. The van der Waals surface area contributed by atoms with E-state index in [1.54, 1.807) is 6.07 Å². The van der Waals surface area contributed by atoms with Crippen LogP contribution in [0.25, 0.3) is 0 Å². The highest BCUT2D eigenvalue weighted by molar-refractivity contribution is 9.10. The summed E-state index contributed by atoms with van der Waals surface area (Å²) in [6.07, 6.45) is 1.61. The molecule has 4 nitrogen and oxygen atoms in total. The average molecular weight is 354 g/mol. The first-order valence-corrected chi connectivity index (χ1v) is 7.60. The van der Waals surface area contributed by atoms with Gasteiger partial charge in [0.05, 0.1) is 10.2 Å². The van der Waals surface area contributed by atoms with E-state index < -0.39 is 0 Å². The highest BCUT2D eigenvalue weighted by Crippen LogP contribution is 2.32. The number of aryl methyl sites for hydroxylation is 1. The molecule has 0 aliphatic carbocycles. The lowest BCUT2D eigenvalue weighted by atomic mass is 10.0. The zero-order chi connectivity index (χ0) is 15.4. The Kier molecular flexibility index (Phi) is 5.25. The summed E-state index contributed by atoms with van der Waals surface area (Å²) in [6, 6.07) is 4.21. The molecule has 6 heteroatoms. The number of ether oxygens (including phenoxy) is 1. The molecule has 0 aliphatic rings. The zero-order valence-corrected chi connectivity index (χ0v) is 13.6. The van der Waals surface area contributed by atoms with Gasteiger partial charge in [-0.3, -0.25) is 0 Å². The minimum absolute atomic E-state index is 0.319. The molecule has 0 fully saturated rings. The van der Waals surface area contributed by atoms with Crippen molar-refractivity contribution in [1.29, 1.82) is 0 Å². The van der Waals surface area contributed by atoms with Crippen molar-refractivity contribution in [3.05, 3.63) is 45.3 Å². The molecule has 0 unspecified atom stereocenters. The van der Waals surface area contributed by atoms with Gasteiger partial charge in [-0.15, -0.1) is 5.10 Å². The maximum atomic E-state index is 13.1. The number of rotatable bonds is 5. The van der Waals surface area contributed by atoms with Crippen molar-refractivity contribution < 1.29 is 9.13 Å². The molecule has 0 atom stereocenters. The number of halogens is 2. The van der Waals surface area contributed by atoms with Crippen molar-refractivity contribution >= 4 is 15.9 Å². The summed E-state index contributed by atoms with van der Waals surface area (Å²) < 4.78 is 19.4. The van der Waals surface area contributed by atoms with Crippen molar-refractivity contribution in [3.8, 4) is 11.6 Å². The summed E-state index contributed by atoms with van der Waals surface area (Å²) in [5.41, 5.74) is 8.70. The van der Waals surface area contributed by atoms with Gasteiger partial charge in [0.15, 0.2) is 0 Å². The first-order valence-electron chi connectivity index (χ1n) is 6.80. The van der Waals surface area contributed by atoms with E-state index in [0.717, 1.165) is 29.7 Å². The Labute approximate surface area is 131 Å². The molecular weight excluding hydrogens is 337 g/mol. The molecule has 2 aromatic rings. The third kappa shape index (κ3) is 3.39. The van der Waals surface area contributed by atoms with Gasteiger partial charge in [-0.05, 0) is 52.5 Å². The van der Waals surface area contributed by atoms with E-state index >= 15 is 0 Å². The predicted molar refractivity (Wildman–Crippen MR) is 82.9 cm³/mol. The summed E-state index contributed by atoms with van der Waals surface area (Å²) in [5.74, 6) is 0.514. The lowest BCUT2D eigenvalue weighted by Gasteiger charge is -2.15. The van der Waals surface area contributed by atoms with Crippen molar-refractivity contribution in [2.75, 3.05) is 0 Å². The van der Waals surface area contributed by atoms with Crippen LogP contribution in [0, 0.1) is 5.82 Å². The van der Waals surface area contributed by atoms with Gasteiger partial charge in [-0.2, -0.15) is 5.10 Å². The zero-order valence-electron chi connectivity index (χ0n) is 12.0. The standard InChI is InChI=1S/C15H17BrFN3O/c1-3-10-11(8-18)15(20-19-13(10)4-2)21-14-6-5-9(17)7-12(14)16/h5-7H,3-4,8,18H2,1-2H3. The molecule has 112 valence electrons. The minimum Gasteiger partial charge on any atom is -0.436 e. The first kappa shape index (κ1) is 15.9. The summed E-state index contributed by atoms with van der Waals surface area (Å²) >= 11 is 3.27. The van der Waals surface area contributed by atoms with Crippen molar-refractivity contribution in [3.63, 3.8) is 0 Å². The molecular formula is C15H17BrFN3O. The van der Waals surface area contributed by atoms with E-state index in [9.17, 15) is 4.39 Å². The van der Waals surface area contributed by atoms with E-state index in [0.29, 0.717) is 22.6 Å². The molecule has 1 aromatic carbocycles. The largest absolute Gasteiger partial charge is 0.436 e. The summed E-state index contributed by atoms with van der Waals surface area (Å²) in [4.78, 5) is 0. The van der Waals surface area contributed by atoms with Crippen LogP contribution in [-0.4, -0.2) is 10.2 Å². The van der Waals surface area contributed by atoms with E-state index in [2.05, 4.69) is 26.1 Å². The van der Waals surface area contributed by atoms with Crippen LogP contribution < -0.4 is 10.5 Å².